The summed E-state index contributed by atoms with van der Waals surface area (Å²) in [5.41, 5.74) is 8.87. The van der Waals surface area contributed by atoms with Crippen LogP contribution in [0.5, 0.6) is 0 Å². The second-order valence-electron chi connectivity index (χ2n) is 6.00. The van der Waals surface area contributed by atoms with Crippen LogP contribution in [0.15, 0.2) is 22.7 Å². The molecule has 0 spiro atoms. The predicted octanol–water partition coefficient (Wildman–Crippen LogP) is 3.58. The van der Waals surface area contributed by atoms with Crippen LogP contribution >= 0.6 is 15.9 Å². The number of benzene rings is 1. The normalized spacial score (nSPS) is 19.0. The molecule has 1 aromatic carbocycles. The molecule has 1 aromatic rings. The van der Waals surface area contributed by atoms with Gasteiger partial charge in [-0.15, -0.1) is 0 Å². The van der Waals surface area contributed by atoms with Gasteiger partial charge in [0, 0.05) is 23.2 Å². The van der Waals surface area contributed by atoms with Crippen molar-refractivity contribution in [2.75, 3.05) is 24.5 Å². The maximum Gasteiger partial charge on any atom is 0.0410 e. The number of nitrogens with two attached hydrogens (primary N) is 1. The van der Waals surface area contributed by atoms with E-state index in [1.54, 1.807) is 0 Å². The minimum atomic E-state index is 0.417. The summed E-state index contributed by atoms with van der Waals surface area (Å²) in [5, 5.41) is 0. The number of anilines is 1. The highest BCUT2D eigenvalue weighted by atomic mass is 79.9. The quantitative estimate of drug-likeness (QED) is 0.924. The molecule has 0 radical (unpaired) electrons. The van der Waals surface area contributed by atoms with Gasteiger partial charge in [-0.1, -0.05) is 35.8 Å². The molecule has 0 unspecified atom stereocenters. The van der Waals surface area contributed by atoms with Crippen molar-refractivity contribution in [3.05, 3.63) is 28.2 Å². The lowest BCUT2D eigenvalue weighted by Gasteiger charge is -2.40. The average Bonchev–Trinajstić information content (AvgIpc) is 2.30. The van der Waals surface area contributed by atoms with Gasteiger partial charge >= 0.3 is 0 Å². The van der Waals surface area contributed by atoms with E-state index in [4.69, 9.17) is 5.73 Å². The fraction of sp³-hybridized carbons (Fsp3) is 0.600. The zero-order valence-corrected chi connectivity index (χ0v) is 13.0. The number of piperidine rings is 1. The van der Waals surface area contributed by atoms with E-state index >= 15 is 0 Å². The Morgan fingerprint density at radius 3 is 2.83 bits per heavy atom. The lowest BCUT2D eigenvalue weighted by atomic mass is 9.83. The first-order chi connectivity index (χ1) is 8.52. The van der Waals surface area contributed by atoms with Crippen LogP contribution in [-0.4, -0.2) is 19.6 Å². The largest absolute Gasteiger partial charge is 0.371 e. The van der Waals surface area contributed by atoms with Crippen LogP contribution in [0.25, 0.3) is 0 Å². The highest BCUT2D eigenvalue weighted by Gasteiger charge is 2.27. The van der Waals surface area contributed by atoms with E-state index in [9.17, 15) is 0 Å². The second-order valence-corrected chi connectivity index (χ2v) is 6.92. The van der Waals surface area contributed by atoms with E-state index in [1.165, 1.54) is 24.1 Å². The summed E-state index contributed by atoms with van der Waals surface area (Å²) in [7, 11) is 0. The molecule has 1 aliphatic rings. The zero-order valence-electron chi connectivity index (χ0n) is 11.4. The molecule has 0 bridgehead atoms. The van der Waals surface area contributed by atoms with Crippen LogP contribution in [0.2, 0.25) is 0 Å². The molecule has 2 N–H and O–H groups in total. The molecule has 2 rings (SSSR count). The maximum atomic E-state index is 5.72. The van der Waals surface area contributed by atoms with Crippen molar-refractivity contribution in [1.82, 2.24) is 0 Å². The van der Waals surface area contributed by atoms with Gasteiger partial charge in [0.05, 0.1) is 0 Å². The summed E-state index contributed by atoms with van der Waals surface area (Å²) in [5.74, 6) is 0. The van der Waals surface area contributed by atoms with E-state index < -0.39 is 0 Å². The van der Waals surface area contributed by atoms with Crippen molar-refractivity contribution in [3.63, 3.8) is 0 Å². The Kier molecular flexibility index (Phi) is 4.33. The Labute approximate surface area is 119 Å². The smallest absolute Gasteiger partial charge is 0.0410 e. The van der Waals surface area contributed by atoms with Crippen molar-refractivity contribution in [1.29, 1.82) is 0 Å². The van der Waals surface area contributed by atoms with Gasteiger partial charge in [0.1, 0.15) is 0 Å². The molecular formula is C15H23BrN2. The Morgan fingerprint density at radius 1 is 1.39 bits per heavy atom. The van der Waals surface area contributed by atoms with E-state index in [1.807, 2.05) is 0 Å². The summed E-state index contributed by atoms with van der Waals surface area (Å²) in [6.07, 6.45) is 3.56. The van der Waals surface area contributed by atoms with Crippen molar-refractivity contribution >= 4 is 21.6 Å². The molecule has 1 aliphatic heterocycles. The molecule has 18 heavy (non-hydrogen) atoms. The zero-order chi connectivity index (χ0) is 13.2. The van der Waals surface area contributed by atoms with E-state index in [0.29, 0.717) is 12.0 Å². The van der Waals surface area contributed by atoms with Gasteiger partial charge in [0.15, 0.2) is 0 Å². The third-order valence-corrected chi connectivity index (χ3v) is 4.20. The van der Waals surface area contributed by atoms with Gasteiger partial charge in [-0.05, 0) is 48.9 Å². The van der Waals surface area contributed by atoms with Crippen molar-refractivity contribution in [2.24, 2.45) is 11.1 Å². The monoisotopic (exact) mass is 310 g/mol. The van der Waals surface area contributed by atoms with Gasteiger partial charge in [-0.2, -0.15) is 0 Å². The van der Waals surface area contributed by atoms with Gasteiger partial charge in [-0.3, -0.25) is 0 Å². The molecule has 0 aliphatic carbocycles. The van der Waals surface area contributed by atoms with E-state index in [2.05, 4.69) is 52.9 Å². The molecule has 3 heteroatoms. The number of halogens is 1. The fourth-order valence-electron chi connectivity index (χ4n) is 2.83. The van der Waals surface area contributed by atoms with Crippen LogP contribution in [0.3, 0.4) is 0 Å². The minimum Gasteiger partial charge on any atom is -0.371 e. The fourth-order valence-corrected chi connectivity index (χ4v) is 3.18. The number of hydrogen-bond donors (Lipinski definition) is 1. The minimum absolute atomic E-state index is 0.417. The highest BCUT2D eigenvalue weighted by Crippen LogP contribution is 2.34. The van der Waals surface area contributed by atoms with Crippen molar-refractivity contribution in [2.45, 2.75) is 33.1 Å². The van der Waals surface area contributed by atoms with Gasteiger partial charge in [0.25, 0.3) is 0 Å². The number of nitrogens with zero attached hydrogens (tertiary/aromatic N) is 1. The van der Waals surface area contributed by atoms with Crippen LogP contribution in [0, 0.1) is 5.41 Å². The first-order valence-corrected chi connectivity index (χ1v) is 7.54. The lowest BCUT2D eigenvalue weighted by molar-refractivity contribution is 0.293. The molecule has 1 heterocycles. The lowest BCUT2D eigenvalue weighted by Crippen LogP contribution is -2.40. The van der Waals surface area contributed by atoms with E-state index in [-0.39, 0.29) is 0 Å². The predicted molar refractivity (Wildman–Crippen MR) is 82.1 cm³/mol. The topological polar surface area (TPSA) is 29.3 Å². The summed E-state index contributed by atoms with van der Waals surface area (Å²) >= 11 is 3.58. The van der Waals surface area contributed by atoms with Crippen molar-refractivity contribution in [3.8, 4) is 0 Å². The second kappa shape index (κ2) is 5.62. The standard InChI is InChI=1S/C15H23BrN2/c1-15(2)7-3-9-18(11-15)14-10-13(16)5-4-12(14)6-8-17/h4-5,10H,3,6-9,11,17H2,1-2H3. The Bertz CT molecular complexity index is 415. The van der Waals surface area contributed by atoms with Crippen LogP contribution in [0.1, 0.15) is 32.3 Å². The third-order valence-electron chi connectivity index (χ3n) is 3.70. The third kappa shape index (κ3) is 3.27. The summed E-state index contributed by atoms with van der Waals surface area (Å²) < 4.78 is 1.15. The molecule has 1 fully saturated rings. The Hall–Kier alpha value is -0.540. The van der Waals surface area contributed by atoms with Crippen LogP contribution in [-0.2, 0) is 6.42 Å². The molecule has 2 nitrogen and oxygen atoms in total. The number of rotatable bonds is 3. The van der Waals surface area contributed by atoms with Crippen LogP contribution in [0.4, 0.5) is 5.69 Å². The van der Waals surface area contributed by atoms with Gasteiger partial charge in [0.2, 0.25) is 0 Å². The summed E-state index contributed by atoms with van der Waals surface area (Å²) in [6, 6.07) is 6.56. The first kappa shape index (κ1) is 13.9. The SMILES string of the molecule is CC1(C)CCCN(c2cc(Br)ccc2CCN)C1. The molecule has 1 saturated heterocycles. The van der Waals surface area contributed by atoms with E-state index in [0.717, 1.165) is 24.0 Å². The molecule has 100 valence electrons. The van der Waals surface area contributed by atoms with Crippen LogP contribution < -0.4 is 10.6 Å². The molecule has 0 aromatic heterocycles. The average molecular weight is 311 g/mol. The molecular weight excluding hydrogens is 288 g/mol. The molecule has 0 saturated carbocycles. The number of hydrogen-bond acceptors (Lipinski definition) is 2. The maximum absolute atomic E-state index is 5.72. The molecule has 0 atom stereocenters. The van der Waals surface area contributed by atoms with Gasteiger partial charge < -0.3 is 10.6 Å². The summed E-state index contributed by atoms with van der Waals surface area (Å²) in [6.45, 7) is 7.74. The Morgan fingerprint density at radius 2 is 2.17 bits per heavy atom. The first-order valence-electron chi connectivity index (χ1n) is 6.75. The summed E-state index contributed by atoms with van der Waals surface area (Å²) in [4.78, 5) is 2.53. The highest BCUT2D eigenvalue weighted by molar-refractivity contribution is 9.10. The molecule has 0 amide bonds. The van der Waals surface area contributed by atoms with Crippen molar-refractivity contribution < 1.29 is 0 Å². The Balaban J connectivity index is 2.28. The van der Waals surface area contributed by atoms with Gasteiger partial charge in [-0.25, -0.2) is 0 Å².